The molecule has 0 spiro atoms. The Hall–Kier alpha value is -2.50. The third kappa shape index (κ3) is 2.56. The van der Waals surface area contributed by atoms with Crippen molar-refractivity contribution in [2.24, 2.45) is 0 Å². The SMILES string of the molecule is COC(=O)Cn1c(=O)cc(C)c2c(OC)ccc(OC)c21. The zero-order valence-corrected chi connectivity index (χ0v) is 12.4. The van der Waals surface area contributed by atoms with Gasteiger partial charge in [-0.1, -0.05) is 0 Å². The minimum absolute atomic E-state index is 0.185. The highest BCUT2D eigenvalue weighted by atomic mass is 16.5. The molecule has 0 amide bonds. The molecule has 0 saturated heterocycles. The molecule has 1 heterocycles. The molecule has 0 fully saturated rings. The molecule has 0 bridgehead atoms. The molecule has 0 N–H and O–H groups in total. The second-order valence-corrected chi connectivity index (χ2v) is 4.52. The smallest absolute Gasteiger partial charge is 0.325 e. The van der Waals surface area contributed by atoms with Crippen molar-refractivity contribution >= 4 is 16.9 Å². The van der Waals surface area contributed by atoms with Gasteiger partial charge in [0.05, 0.1) is 26.8 Å². The summed E-state index contributed by atoms with van der Waals surface area (Å²) >= 11 is 0. The highest BCUT2D eigenvalue weighted by Gasteiger charge is 2.17. The van der Waals surface area contributed by atoms with Crippen molar-refractivity contribution < 1.29 is 19.0 Å². The van der Waals surface area contributed by atoms with E-state index in [2.05, 4.69) is 4.74 Å². The first-order valence-electron chi connectivity index (χ1n) is 6.35. The molecule has 6 heteroatoms. The quantitative estimate of drug-likeness (QED) is 0.799. The van der Waals surface area contributed by atoms with Gasteiger partial charge in [0.1, 0.15) is 18.0 Å². The van der Waals surface area contributed by atoms with Gasteiger partial charge in [-0.15, -0.1) is 0 Å². The van der Waals surface area contributed by atoms with Crippen LogP contribution in [0.25, 0.3) is 10.9 Å². The van der Waals surface area contributed by atoms with E-state index in [1.165, 1.54) is 24.9 Å². The number of pyridine rings is 1. The van der Waals surface area contributed by atoms with Crippen LogP contribution in [0.5, 0.6) is 11.5 Å². The predicted octanol–water partition coefficient (Wildman–Crippen LogP) is 1.50. The topological polar surface area (TPSA) is 66.8 Å². The molecule has 0 aliphatic heterocycles. The fourth-order valence-corrected chi connectivity index (χ4v) is 2.33. The van der Waals surface area contributed by atoms with Gasteiger partial charge in [-0.25, -0.2) is 0 Å². The van der Waals surface area contributed by atoms with Crippen LogP contribution in [0.1, 0.15) is 5.56 Å². The summed E-state index contributed by atoms with van der Waals surface area (Å²) in [5, 5.41) is 0.736. The predicted molar refractivity (Wildman–Crippen MR) is 78.1 cm³/mol. The maximum Gasteiger partial charge on any atom is 0.325 e. The molecule has 2 aromatic rings. The third-order valence-electron chi connectivity index (χ3n) is 3.33. The minimum atomic E-state index is -0.507. The Balaban J connectivity index is 2.89. The number of esters is 1. The first-order valence-corrected chi connectivity index (χ1v) is 6.35. The molecule has 0 aliphatic rings. The van der Waals surface area contributed by atoms with Gasteiger partial charge >= 0.3 is 5.97 Å². The molecule has 1 aromatic carbocycles. The van der Waals surface area contributed by atoms with Gasteiger partial charge in [-0.05, 0) is 24.6 Å². The number of fused-ring (bicyclic) bond motifs is 1. The average molecular weight is 291 g/mol. The van der Waals surface area contributed by atoms with Gasteiger partial charge in [-0.3, -0.25) is 14.2 Å². The number of nitrogens with zero attached hydrogens (tertiary/aromatic N) is 1. The Morgan fingerprint density at radius 1 is 1.14 bits per heavy atom. The molecule has 2 rings (SSSR count). The lowest BCUT2D eigenvalue weighted by Gasteiger charge is -2.16. The number of carbonyl (C=O) groups excluding carboxylic acids is 1. The number of methoxy groups -OCH3 is 3. The molecule has 112 valence electrons. The Morgan fingerprint density at radius 3 is 2.33 bits per heavy atom. The summed E-state index contributed by atoms with van der Waals surface area (Å²) in [5.41, 5.74) is 0.982. The first kappa shape index (κ1) is 14.9. The molecule has 0 unspecified atom stereocenters. The normalized spacial score (nSPS) is 10.5. The second kappa shape index (κ2) is 5.87. The van der Waals surface area contributed by atoms with E-state index in [9.17, 15) is 9.59 Å². The summed E-state index contributed by atoms with van der Waals surface area (Å²) in [7, 11) is 4.34. The van der Waals surface area contributed by atoms with E-state index in [1.54, 1.807) is 19.2 Å². The minimum Gasteiger partial charge on any atom is -0.496 e. The molecular weight excluding hydrogens is 274 g/mol. The average Bonchev–Trinajstić information content (AvgIpc) is 2.49. The van der Waals surface area contributed by atoms with Gasteiger partial charge in [0.2, 0.25) is 0 Å². The van der Waals surface area contributed by atoms with Crippen LogP contribution in [0, 0.1) is 6.92 Å². The number of benzene rings is 1. The number of hydrogen-bond donors (Lipinski definition) is 0. The van der Waals surface area contributed by atoms with E-state index in [4.69, 9.17) is 9.47 Å². The molecule has 0 atom stereocenters. The van der Waals surface area contributed by atoms with Crippen molar-refractivity contribution in [2.75, 3.05) is 21.3 Å². The van der Waals surface area contributed by atoms with Gasteiger partial charge < -0.3 is 14.2 Å². The van der Waals surface area contributed by atoms with Gasteiger partial charge in [0, 0.05) is 11.5 Å². The first-order chi connectivity index (χ1) is 10.0. The van der Waals surface area contributed by atoms with Crippen LogP contribution in [-0.4, -0.2) is 31.9 Å². The van der Waals surface area contributed by atoms with Gasteiger partial charge in [0.25, 0.3) is 5.56 Å². The fraction of sp³-hybridized carbons (Fsp3) is 0.333. The summed E-state index contributed by atoms with van der Waals surface area (Å²) in [4.78, 5) is 23.8. The van der Waals surface area contributed by atoms with Crippen LogP contribution in [0.2, 0.25) is 0 Å². The zero-order valence-electron chi connectivity index (χ0n) is 12.4. The number of aryl methyl sites for hydroxylation is 1. The molecule has 0 aliphatic carbocycles. The van der Waals surface area contributed by atoms with E-state index in [0.717, 1.165) is 10.9 Å². The summed E-state index contributed by atoms with van der Waals surface area (Å²) < 4.78 is 16.6. The summed E-state index contributed by atoms with van der Waals surface area (Å²) in [6.45, 7) is 1.63. The molecule has 21 heavy (non-hydrogen) atoms. The number of aromatic nitrogens is 1. The standard InChI is InChI=1S/C15H17NO5/c1-9-7-12(17)16(8-13(18)21-4)15-11(20-3)6-5-10(19-2)14(9)15/h5-7H,8H2,1-4H3. The Kier molecular flexibility index (Phi) is 4.16. The zero-order chi connectivity index (χ0) is 15.6. The maximum absolute atomic E-state index is 12.2. The highest BCUT2D eigenvalue weighted by molar-refractivity contribution is 5.93. The van der Waals surface area contributed by atoms with Crippen LogP contribution >= 0.6 is 0 Å². The molecule has 6 nitrogen and oxygen atoms in total. The fourth-order valence-electron chi connectivity index (χ4n) is 2.33. The molecular formula is C15H17NO5. The summed E-state index contributed by atoms with van der Waals surface area (Å²) in [5.74, 6) is 0.601. The molecule has 0 saturated carbocycles. The summed E-state index contributed by atoms with van der Waals surface area (Å²) in [6, 6.07) is 4.93. The highest BCUT2D eigenvalue weighted by Crippen LogP contribution is 2.34. The number of hydrogen-bond acceptors (Lipinski definition) is 5. The maximum atomic E-state index is 12.2. The van der Waals surface area contributed by atoms with E-state index in [1.807, 2.05) is 6.92 Å². The molecule has 1 aromatic heterocycles. The van der Waals surface area contributed by atoms with Crippen molar-refractivity contribution in [1.82, 2.24) is 4.57 Å². The lowest BCUT2D eigenvalue weighted by Crippen LogP contribution is -2.25. The lowest BCUT2D eigenvalue weighted by atomic mass is 10.1. The van der Waals surface area contributed by atoms with Crippen molar-refractivity contribution in [2.45, 2.75) is 13.5 Å². The molecule has 0 radical (unpaired) electrons. The Morgan fingerprint density at radius 2 is 1.76 bits per heavy atom. The van der Waals surface area contributed by atoms with E-state index < -0.39 is 5.97 Å². The largest absolute Gasteiger partial charge is 0.496 e. The van der Waals surface area contributed by atoms with Crippen LogP contribution in [0.15, 0.2) is 23.0 Å². The monoisotopic (exact) mass is 291 g/mol. The van der Waals surface area contributed by atoms with Gasteiger partial charge in [0.15, 0.2) is 0 Å². The van der Waals surface area contributed by atoms with Crippen LogP contribution in [0.3, 0.4) is 0 Å². The number of ether oxygens (including phenoxy) is 3. The number of rotatable bonds is 4. The van der Waals surface area contributed by atoms with Crippen molar-refractivity contribution in [3.63, 3.8) is 0 Å². The lowest BCUT2D eigenvalue weighted by molar-refractivity contribution is -0.141. The van der Waals surface area contributed by atoms with Crippen LogP contribution in [0.4, 0.5) is 0 Å². The van der Waals surface area contributed by atoms with Crippen molar-refractivity contribution in [1.29, 1.82) is 0 Å². The van der Waals surface area contributed by atoms with E-state index in [-0.39, 0.29) is 12.1 Å². The van der Waals surface area contributed by atoms with Crippen molar-refractivity contribution in [3.8, 4) is 11.5 Å². The Labute approximate surface area is 121 Å². The Bertz CT molecular complexity index is 748. The summed E-state index contributed by atoms with van der Waals surface area (Å²) in [6.07, 6.45) is 0. The van der Waals surface area contributed by atoms with Crippen LogP contribution in [-0.2, 0) is 16.1 Å². The number of carbonyl (C=O) groups is 1. The second-order valence-electron chi connectivity index (χ2n) is 4.52. The van der Waals surface area contributed by atoms with E-state index >= 15 is 0 Å². The van der Waals surface area contributed by atoms with Crippen molar-refractivity contribution in [3.05, 3.63) is 34.1 Å². The van der Waals surface area contributed by atoms with Crippen LogP contribution < -0.4 is 15.0 Å². The van der Waals surface area contributed by atoms with Gasteiger partial charge in [-0.2, -0.15) is 0 Å². The van der Waals surface area contributed by atoms with E-state index in [0.29, 0.717) is 17.0 Å². The third-order valence-corrected chi connectivity index (χ3v) is 3.33.